The summed E-state index contributed by atoms with van der Waals surface area (Å²) in [6.07, 6.45) is -3.91. The highest BCUT2D eigenvalue weighted by Crippen LogP contribution is 2.44. The minimum absolute atomic E-state index is 0.161. The van der Waals surface area contributed by atoms with Crippen molar-refractivity contribution in [2.75, 3.05) is 5.32 Å². The first-order valence-corrected chi connectivity index (χ1v) is 8.67. The molecular weight excluding hydrogens is 364 g/mol. The summed E-state index contributed by atoms with van der Waals surface area (Å²) in [6, 6.07) is 2.87. The Kier molecular flexibility index (Phi) is 4.28. The van der Waals surface area contributed by atoms with Gasteiger partial charge in [0.2, 0.25) is 0 Å². The first kappa shape index (κ1) is 18.7. The van der Waals surface area contributed by atoms with Gasteiger partial charge in [-0.05, 0) is 39.8 Å². The van der Waals surface area contributed by atoms with E-state index < -0.39 is 59.8 Å². The molecule has 0 aromatic heterocycles. The number of carbonyl (C=O) groups excluding carboxylic acids is 1. The predicted molar refractivity (Wildman–Crippen MR) is 87.5 cm³/mol. The normalized spacial score (nSPS) is 36.1. The fourth-order valence-electron chi connectivity index (χ4n) is 3.62. The van der Waals surface area contributed by atoms with Crippen LogP contribution in [0.2, 0.25) is 0 Å². The monoisotopic (exact) mass is 385 g/mol. The summed E-state index contributed by atoms with van der Waals surface area (Å²) in [5.41, 5.74) is -0.161. The largest absolute Gasteiger partial charge is 0.342 e. The lowest BCUT2D eigenvalue weighted by atomic mass is 9.98. The van der Waals surface area contributed by atoms with Gasteiger partial charge in [0, 0.05) is 6.07 Å². The molecule has 7 nitrogen and oxygen atoms in total. The molecule has 3 heterocycles. The van der Waals surface area contributed by atoms with Crippen molar-refractivity contribution in [1.82, 2.24) is 0 Å². The number of carbonyl (C=O) groups is 1. The average Bonchev–Trinajstić information content (AvgIpc) is 3.03. The third-order valence-electron chi connectivity index (χ3n) is 4.60. The molecule has 1 N–H and O–H groups in total. The maximum Gasteiger partial charge on any atom is 0.256 e. The van der Waals surface area contributed by atoms with Crippen LogP contribution in [-0.4, -0.2) is 48.2 Å². The number of anilines is 1. The zero-order chi connectivity index (χ0) is 19.6. The van der Waals surface area contributed by atoms with E-state index in [4.69, 9.17) is 23.7 Å². The zero-order valence-electron chi connectivity index (χ0n) is 15.3. The second-order valence-corrected chi connectivity index (χ2v) is 7.70. The topological polar surface area (TPSA) is 75.3 Å². The molecule has 4 rings (SSSR count). The maximum absolute atomic E-state index is 13.9. The lowest BCUT2D eigenvalue weighted by Crippen LogP contribution is -2.58. The van der Waals surface area contributed by atoms with E-state index in [2.05, 4.69) is 5.32 Å². The summed E-state index contributed by atoms with van der Waals surface area (Å²) in [4.78, 5) is 12.8. The lowest BCUT2D eigenvalue weighted by molar-refractivity contribution is -0.229. The molecule has 148 valence electrons. The third kappa shape index (κ3) is 3.45. The van der Waals surface area contributed by atoms with Crippen LogP contribution in [0.15, 0.2) is 18.2 Å². The highest BCUT2D eigenvalue weighted by atomic mass is 19.1. The quantitative estimate of drug-likeness (QED) is 0.842. The second kappa shape index (κ2) is 6.18. The summed E-state index contributed by atoms with van der Waals surface area (Å²) in [7, 11) is 0. The SMILES string of the molecule is CC1(C)O[C@@H]2O[C@@H](C(=O)Nc3ccc(F)cc3F)[C@@H]3OC(C)(C)O[C@@H]3[C@@H]2O1. The Hall–Kier alpha value is -1.65. The number of amides is 1. The van der Waals surface area contributed by atoms with E-state index in [0.29, 0.717) is 6.07 Å². The van der Waals surface area contributed by atoms with Gasteiger partial charge in [-0.2, -0.15) is 0 Å². The summed E-state index contributed by atoms with van der Waals surface area (Å²) in [6.45, 7) is 6.90. The average molecular weight is 385 g/mol. The van der Waals surface area contributed by atoms with E-state index in [1.165, 1.54) is 0 Å². The highest BCUT2D eigenvalue weighted by molar-refractivity contribution is 5.95. The van der Waals surface area contributed by atoms with Crippen molar-refractivity contribution in [3.05, 3.63) is 29.8 Å². The van der Waals surface area contributed by atoms with E-state index >= 15 is 0 Å². The molecule has 9 heteroatoms. The highest BCUT2D eigenvalue weighted by Gasteiger charge is 2.62. The first-order chi connectivity index (χ1) is 12.5. The van der Waals surface area contributed by atoms with Gasteiger partial charge in [0.15, 0.2) is 24.0 Å². The zero-order valence-corrected chi connectivity index (χ0v) is 15.3. The van der Waals surface area contributed by atoms with E-state index in [9.17, 15) is 13.6 Å². The lowest BCUT2D eigenvalue weighted by Gasteiger charge is -2.36. The Morgan fingerprint density at radius 2 is 1.59 bits per heavy atom. The molecule has 0 aliphatic carbocycles. The number of halogens is 2. The summed E-state index contributed by atoms with van der Waals surface area (Å²) < 4.78 is 56.1. The molecule has 0 bridgehead atoms. The summed E-state index contributed by atoms with van der Waals surface area (Å²) in [5.74, 6) is -4.15. The molecule has 0 saturated carbocycles. The van der Waals surface area contributed by atoms with Crippen LogP contribution < -0.4 is 5.32 Å². The Labute approximate surface area is 154 Å². The summed E-state index contributed by atoms with van der Waals surface area (Å²) >= 11 is 0. The molecule has 3 saturated heterocycles. The van der Waals surface area contributed by atoms with Gasteiger partial charge in [-0.25, -0.2) is 8.78 Å². The minimum atomic E-state index is -1.13. The molecular formula is C18H21F2NO6. The number of ether oxygens (including phenoxy) is 5. The molecule has 1 aromatic carbocycles. The number of hydrogen-bond acceptors (Lipinski definition) is 6. The van der Waals surface area contributed by atoms with Crippen molar-refractivity contribution in [2.24, 2.45) is 0 Å². The fourth-order valence-corrected chi connectivity index (χ4v) is 3.62. The molecule has 1 aromatic rings. The van der Waals surface area contributed by atoms with Crippen molar-refractivity contribution in [2.45, 2.75) is 70.0 Å². The Morgan fingerprint density at radius 1 is 0.963 bits per heavy atom. The van der Waals surface area contributed by atoms with Gasteiger partial charge in [0.1, 0.15) is 29.9 Å². The number of fused-ring (bicyclic) bond motifs is 3. The fraction of sp³-hybridized carbons (Fsp3) is 0.611. The maximum atomic E-state index is 13.9. The van der Waals surface area contributed by atoms with E-state index in [1.807, 2.05) is 0 Å². The molecule has 27 heavy (non-hydrogen) atoms. The molecule has 0 radical (unpaired) electrons. The standard InChI is InChI=1S/C18H21F2NO6/c1-17(2)24-11-12(25-17)14-16(27-18(3,4)26-14)23-13(11)15(22)21-10-6-5-8(19)7-9(10)20/h5-7,11-14,16H,1-4H3,(H,21,22)/t11-,12+,13-,14+,16+/m1/s1. The number of rotatable bonds is 2. The van der Waals surface area contributed by atoms with Gasteiger partial charge in [0.25, 0.3) is 5.91 Å². The van der Waals surface area contributed by atoms with Crippen LogP contribution in [0.3, 0.4) is 0 Å². The Balaban J connectivity index is 1.59. The number of nitrogens with one attached hydrogen (secondary N) is 1. The van der Waals surface area contributed by atoms with Gasteiger partial charge < -0.3 is 29.0 Å². The van der Waals surface area contributed by atoms with Crippen molar-refractivity contribution >= 4 is 11.6 Å². The first-order valence-electron chi connectivity index (χ1n) is 8.67. The second-order valence-electron chi connectivity index (χ2n) is 7.70. The molecule has 3 aliphatic rings. The van der Waals surface area contributed by atoms with Crippen LogP contribution in [0.1, 0.15) is 27.7 Å². The van der Waals surface area contributed by atoms with Crippen molar-refractivity contribution in [3.8, 4) is 0 Å². The van der Waals surface area contributed by atoms with Gasteiger partial charge >= 0.3 is 0 Å². The van der Waals surface area contributed by atoms with Crippen LogP contribution in [0.25, 0.3) is 0 Å². The van der Waals surface area contributed by atoms with Gasteiger partial charge in [-0.3, -0.25) is 4.79 Å². The van der Waals surface area contributed by atoms with Gasteiger partial charge in [0.05, 0.1) is 5.69 Å². The van der Waals surface area contributed by atoms with E-state index in [1.54, 1.807) is 27.7 Å². The molecule has 3 aliphatic heterocycles. The van der Waals surface area contributed by atoms with Crippen molar-refractivity contribution in [1.29, 1.82) is 0 Å². The van der Waals surface area contributed by atoms with Crippen molar-refractivity contribution < 1.29 is 37.3 Å². The third-order valence-corrected chi connectivity index (χ3v) is 4.60. The molecule has 0 spiro atoms. The van der Waals surface area contributed by atoms with E-state index in [0.717, 1.165) is 12.1 Å². The number of hydrogen-bond donors (Lipinski definition) is 1. The van der Waals surface area contributed by atoms with Crippen LogP contribution in [0.4, 0.5) is 14.5 Å². The Bertz CT molecular complexity index is 770. The molecule has 0 unspecified atom stereocenters. The van der Waals surface area contributed by atoms with Gasteiger partial charge in [-0.1, -0.05) is 0 Å². The molecule has 5 atom stereocenters. The molecule has 3 fully saturated rings. The van der Waals surface area contributed by atoms with Crippen LogP contribution in [0, 0.1) is 11.6 Å². The van der Waals surface area contributed by atoms with Crippen LogP contribution >= 0.6 is 0 Å². The van der Waals surface area contributed by atoms with Crippen LogP contribution in [0.5, 0.6) is 0 Å². The number of benzene rings is 1. The van der Waals surface area contributed by atoms with Crippen molar-refractivity contribution in [3.63, 3.8) is 0 Å². The molecule has 1 amide bonds. The Morgan fingerprint density at radius 3 is 2.30 bits per heavy atom. The smallest absolute Gasteiger partial charge is 0.256 e. The minimum Gasteiger partial charge on any atom is -0.342 e. The predicted octanol–water partition coefficient (Wildman–Crippen LogP) is 2.30. The van der Waals surface area contributed by atoms with E-state index in [-0.39, 0.29) is 5.69 Å². The summed E-state index contributed by atoms with van der Waals surface area (Å²) in [5, 5.41) is 2.41. The van der Waals surface area contributed by atoms with Gasteiger partial charge in [-0.15, -0.1) is 0 Å². The van der Waals surface area contributed by atoms with Crippen LogP contribution in [-0.2, 0) is 28.5 Å².